The number of aliphatic carboxylic acids is 1. The molecule has 5 heterocycles. The van der Waals surface area contributed by atoms with E-state index in [0.717, 1.165) is 51.7 Å². The summed E-state index contributed by atoms with van der Waals surface area (Å²) in [6.07, 6.45) is -0.215. The zero-order valence-corrected chi connectivity index (χ0v) is 16.9. The maximum atomic E-state index is 12.2. The summed E-state index contributed by atoms with van der Waals surface area (Å²) in [5.41, 5.74) is 3.17. The summed E-state index contributed by atoms with van der Waals surface area (Å²) < 4.78 is 37.6. The molecule has 1 aromatic rings. The quantitative estimate of drug-likeness (QED) is 0.390. The molecule has 1 spiro atoms. The molecule has 32 heavy (non-hydrogen) atoms. The van der Waals surface area contributed by atoms with Gasteiger partial charge < -0.3 is 20.3 Å². The van der Waals surface area contributed by atoms with Crippen molar-refractivity contribution in [3.05, 3.63) is 27.1 Å². The maximum absolute atomic E-state index is 12.2. The fourth-order valence-corrected chi connectivity index (χ4v) is 6.72. The van der Waals surface area contributed by atoms with Crippen LogP contribution in [0.1, 0.15) is 18.4 Å². The lowest BCUT2D eigenvalue weighted by molar-refractivity contribution is -0.192. The van der Waals surface area contributed by atoms with Gasteiger partial charge in [0, 0.05) is 28.4 Å². The molecule has 0 aromatic heterocycles. The molecule has 0 saturated carbocycles. The van der Waals surface area contributed by atoms with Crippen LogP contribution < -0.4 is 15.9 Å². The topological polar surface area (TPSA) is 124 Å². The van der Waals surface area contributed by atoms with Crippen molar-refractivity contribution in [1.82, 2.24) is 0 Å². The lowest BCUT2D eigenvalue weighted by atomic mass is 9.67. The van der Waals surface area contributed by atoms with Gasteiger partial charge in [0.2, 0.25) is 0 Å². The number of aliphatic imine (C=N–C) groups is 1. The number of hydrogen-bond donors (Lipinski definition) is 3. The Kier molecular flexibility index (Phi) is 3.79. The smallest absolute Gasteiger partial charge is 0.490 e. The Hall–Kier alpha value is -2.86. The minimum atomic E-state index is -5.08. The van der Waals surface area contributed by atoms with Gasteiger partial charge in [0.1, 0.15) is 17.9 Å². The lowest BCUT2D eigenvalue weighted by Gasteiger charge is -2.36. The van der Waals surface area contributed by atoms with Gasteiger partial charge in [-0.05, 0) is 24.5 Å². The van der Waals surface area contributed by atoms with Crippen LogP contribution in [-0.4, -0.2) is 58.5 Å². The molecule has 6 aliphatic rings. The molecule has 0 amide bonds. The summed E-state index contributed by atoms with van der Waals surface area (Å²) >= 11 is 1.68. The van der Waals surface area contributed by atoms with Crippen LogP contribution in [0.4, 0.5) is 24.5 Å². The number of nitrogens with zero attached hydrogens (tertiary/aromatic N) is 2. The molecule has 166 valence electrons. The second-order valence-corrected chi connectivity index (χ2v) is 9.45. The molecular formula is C20H14F3N3O5S. The highest BCUT2D eigenvalue weighted by atomic mass is 32.2. The van der Waals surface area contributed by atoms with Crippen LogP contribution in [0.3, 0.4) is 0 Å². The summed E-state index contributed by atoms with van der Waals surface area (Å²) in [6, 6.07) is 0. The molecule has 5 aliphatic heterocycles. The molecule has 1 aliphatic carbocycles. The number of halogens is 3. The van der Waals surface area contributed by atoms with Crippen molar-refractivity contribution in [3.8, 4) is 5.75 Å². The molecule has 3 N–H and O–H groups in total. The number of benzene rings is 1. The number of ether oxygens (including phenoxy) is 1. The number of anilines is 1. The van der Waals surface area contributed by atoms with E-state index in [1.165, 1.54) is 0 Å². The monoisotopic (exact) mass is 465 g/mol. The number of alkyl halides is 3. The first-order chi connectivity index (χ1) is 15.1. The first kappa shape index (κ1) is 19.8. The molecule has 2 fully saturated rings. The van der Waals surface area contributed by atoms with Crippen LogP contribution in [0.2, 0.25) is 0 Å². The van der Waals surface area contributed by atoms with Crippen molar-refractivity contribution in [2.45, 2.75) is 42.0 Å². The van der Waals surface area contributed by atoms with Crippen molar-refractivity contribution in [3.63, 3.8) is 0 Å². The Morgan fingerprint density at radius 3 is 2.84 bits per heavy atom. The second-order valence-electron chi connectivity index (χ2n) is 8.20. The Morgan fingerprint density at radius 2 is 2.12 bits per heavy atom. The summed E-state index contributed by atoms with van der Waals surface area (Å²) in [5.74, 6) is -2.48. The number of carbonyl (C=O) groups is 2. The normalized spacial score (nSPS) is 31.7. The second kappa shape index (κ2) is 6.13. The minimum Gasteiger partial charge on any atom is -0.504 e. The van der Waals surface area contributed by atoms with E-state index in [-0.39, 0.29) is 34.5 Å². The molecule has 1 aromatic carbocycles. The molecule has 0 radical (unpaired) electrons. The summed E-state index contributed by atoms with van der Waals surface area (Å²) in [4.78, 5) is 31.5. The van der Waals surface area contributed by atoms with Gasteiger partial charge in [-0.1, -0.05) is 0 Å². The fourth-order valence-electron chi connectivity index (χ4n) is 5.19. The molecule has 2 bridgehead atoms. The van der Waals surface area contributed by atoms with Gasteiger partial charge in [-0.15, -0.1) is 11.8 Å². The van der Waals surface area contributed by atoms with Crippen LogP contribution in [0.5, 0.6) is 5.75 Å². The third-order valence-electron chi connectivity index (χ3n) is 6.48. The van der Waals surface area contributed by atoms with Crippen molar-refractivity contribution in [1.29, 1.82) is 0 Å². The maximum Gasteiger partial charge on any atom is 0.490 e. The summed E-state index contributed by atoms with van der Waals surface area (Å²) in [7, 11) is 0. The molecule has 12 heteroatoms. The van der Waals surface area contributed by atoms with Crippen LogP contribution in [-0.2, 0) is 19.7 Å². The minimum absolute atomic E-state index is 0.0683. The molecule has 7 rings (SSSR count). The molecular weight excluding hydrogens is 451 g/mol. The van der Waals surface area contributed by atoms with Gasteiger partial charge in [0.15, 0.2) is 11.5 Å². The van der Waals surface area contributed by atoms with E-state index in [2.05, 4.69) is 10.3 Å². The molecule has 4 atom stereocenters. The van der Waals surface area contributed by atoms with Gasteiger partial charge >= 0.3 is 12.1 Å². The molecule has 2 saturated heterocycles. The first-order valence-corrected chi connectivity index (χ1v) is 10.7. The van der Waals surface area contributed by atoms with Crippen molar-refractivity contribution >= 4 is 46.7 Å². The van der Waals surface area contributed by atoms with Gasteiger partial charge in [-0.3, -0.25) is 14.8 Å². The zero-order chi connectivity index (χ0) is 22.6. The number of thioether (sulfide) groups is 1. The van der Waals surface area contributed by atoms with Crippen LogP contribution >= 0.6 is 11.8 Å². The number of carboxylic acid groups (broad SMARTS) is 1. The van der Waals surface area contributed by atoms with Crippen molar-refractivity contribution in [2.24, 2.45) is 9.98 Å². The van der Waals surface area contributed by atoms with Gasteiger partial charge in [0.25, 0.3) is 0 Å². The highest BCUT2D eigenvalue weighted by Gasteiger charge is 2.68. The number of carboxylic acids is 1. The highest BCUT2D eigenvalue weighted by Crippen LogP contribution is 2.65. The fraction of sp³-hybridized carbons (Fsp3) is 0.400. The largest absolute Gasteiger partial charge is 0.504 e. The van der Waals surface area contributed by atoms with Crippen LogP contribution in [0, 0.1) is 0 Å². The number of rotatable bonds is 0. The number of epoxide rings is 1. The third kappa shape index (κ3) is 2.44. The number of aromatic hydroxyl groups is 1. The number of hydrogen-bond acceptors (Lipinski definition) is 8. The van der Waals surface area contributed by atoms with E-state index < -0.39 is 12.1 Å². The average Bonchev–Trinajstić information content (AvgIpc) is 3.35. The third-order valence-corrected chi connectivity index (χ3v) is 7.79. The number of nitrogens with one attached hydrogen (secondary N) is 1. The Bertz CT molecular complexity index is 1320. The number of phenolic OH excluding ortho intramolecular Hbond substituents is 1. The van der Waals surface area contributed by atoms with Gasteiger partial charge in [-0.2, -0.15) is 13.2 Å². The molecule has 8 nitrogen and oxygen atoms in total. The van der Waals surface area contributed by atoms with E-state index >= 15 is 0 Å². The molecule has 4 unspecified atom stereocenters. The zero-order valence-electron chi connectivity index (χ0n) is 16.1. The van der Waals surface area contributed by atoms with Crippen molar-refractivity contribution < 1.29 is 37.7 Å². The highest BCUT2D eigenvalue weighted by molar-refractivity contribution is 8.04. The van der Waals surface area contributed by atoms with Gasteiger partial charge in [0.05, 0.1) is 21.8 Å². The van der Waals surface area contributed by atoms with E-state index in [9.17, 15) is 23.1 Å². The Morgan fingerprint density at radius 1 is 1.38 bits per heavy atom. The predicted octanol–water partition coefficient (Wildman–Crippen LogP) is 1.28. The van der Waals surface area contributed by atoms with E-state index in [4.69, 9.17) is 19.6 Å². The van der Waals surface area contributed by atoms with E-state index in [0.29, 0.717) is 5.69 Å². The average molecular weight is 465 g/mol. The predicted molar refractivity (Wildman–Crippen MR) is 107 cm³/mol. The number of phenols is 1. The number of ketones is 1. The van der Waals surface area contributed by atoms with Gasteiger partial charge in [-0.25, -0.2) is 4.79 Å². The lowest BCUT2D eigenvalue weighted by Crippen LogP contribution is -2.49. The van der Waals surface area contributed by atoms with E-state index in [1.807, 2.05) is 6.21 Å². The van der Waals surface area contributed by atoms with Crippen molar-refractivity contribution in [2.75, 3.05) is 11.9 Å². The first-order valence-electron chi connectivity index (χ1n) is 9.79. The Labute approximate surface area is 181 Å². The number of fused-ring (bicyclic) bond motifs is 4. The van der Waals surface area contributed by atoms with Crippen LogP contribution in [0.15, 0.2) is 21.0 Å². The van der Waals surface area contributed by atoms with Crippen LogP contribution in [0.25, 0.3) is 5.57 Å². The standard InChI is InChI=1S/C18H13N3O3S.C2HF3O2/c22-7-3-8-18(17-16(7)24-17)4-9(25-8)21-14-11(18)12-10-6(1-2-19-12)5-20-13(10)15(14)23;3-2(4,5)1(6)7/h3,5,9,16-17,21,23H,1-2,4H2;(H,6,7). The number of carbonyl (C=O) groups excluding carboxylic acids is 1. The summed E-state index contributed by atoms with van der Waals surface area (Å²) in [5, 5.41) is 23.6. The Balaban J connectivity index is 0.000000247. The summed E-state index contributed by atoms with van der Waals surface area (Å²) in [6.45, 7) is 0.727. The SMILES string of the molecule is O=C(O)C(F)(F)F.O=C1C=C2SC3CC2(c2c(c(O)c4c5c2=NCCC=5C=N4)N3)C2OC12. The van der Waals surface area contributed by atoms with E-state index in [1.54, 1.807) is 17.8 Å².